The topological polar surface area (TPSA) is 84.7 Å². The number of carbonyl (C=O) groups is 2. The number of aliphatic carboxylic acids is 1. The summed E-state index contributed by atoms with van der Waals surface area (Å²) in [6.07, 6.45) is 4.49. The molecule has 2 heterocycles. The van der Waals surface area contributed by atoms with Crippen LogP contribution < -0.4 is 0 Å². The first-order valence-corrected chi connectivity index (χ1v) is 9.68. The van der Waals surface area contributed by atoms with E-state index in [4.69, 9.17) is 21.4 Å². The standard InChI is InChI=1S/C19H28ClN3O4/c1-13(2)12-23-19(20)16(14(3)21-23)4-5-17(24)22(9-6-18(25)26)15-7-10-27-11-8-15/h4-5,13,15H,6-12H2,1-3H3,(H,25,26). The first-order valence-electron chi connectivity index (χ1n) is 9.30. The Kier molecular flexibility index (Phi) is 7.86. The van der Waals surface area contributed by atoms with Crippen molar-refractivity contribution in [1.82, 2.24) is 14.7 Å². The van der Waals surface area contributed by atoms with E-state index in [1.807, 2.05) is 6.92 Å². The molecule has 1 saturated heterocycles. The van der Waals surface area contributed by atoms with E-state index in [9.17, 15) is 9.59 Å². The van der Waals surface area contributed by atoms with Crippen molar-refractivity contribution in [2.24, 2.45) is 5.92 Å². The molecule has 0 unspecified atom stereocenters. The molecule has 0 bridgehead atoms. The molecule has 1 aliphatic heterocycles. The molecule has 150 valence electrons. The monoisotopic (exact) mass is 397 g/mol. The van der Waals surface area contributed by atoms with Crippen LogP contribution in [-0.4, -0.2) is 57.5 Å². The third kappa shape index (κ3) is 6.07. The number of carboxylic acids is 1. The second kappa shape index (κ2) is 9.90. The first-order chi connectivity index (χ1) is 12.8. The van der Waals surface area contributed by atoms with Gasteiger partial charge in [-0.15, -0.1) is 0 Å². The van der Waals surface area contributed by atoms with Crippen molar-refractivity contribution in [2.45, 2.75) is 52.6 Å². The van der Waals surface area contributed by atoms with Crippen molar-refractivity contribution in [3.63, 3.8) is 0 Å². The molecule has 1 N–H and O–H groups in total. The van der Waals surface area contributed by atoms with Crippen LogP contribution in [0.2, 0.25) is 5.15 Å². The minimum Gasteiger partial charge on any atom is -0.481 e. The quantitative estimate of drug-likeness (QED) is 0.681. The maximum absolute atomic E-state index is 12.8. The Morgan fingerprint density at radius 1 is 1.41 bits per heavy atom. The predicted molar refractivity (Wildman–Crippen MR) is 104 cm³/mol. The van der Waals surface area contributed by atoms with Gasteiger partial charge in [-0.05, 0) is 31.8 Å². The fourth-order valence-corrected chi connectivity index (χ4v) is 3.47. The molecular formula is C19H28ClN3O4. The number of aromatic nitrogens is 2. The molecular weight excluding hydrogens is 370 g/mol. The van der Waals surface area contributed by atoms with Crippen molar-refractivity contribution in [3.8, 4) is 0 Å². The first kappa shape index (κ1) is 21.4. The third-order valence-corrected chi connectivity index (χ3v) is 4.92. The maximum Gasteiger partial charge on any atom is 0.305 e. The summed E-state index contributed by atoms with van der Waals surface area (Å²) in [6.45, 7) is 8.07. The zero-order valence-electron chi connectivity index (χ0n) is 16.2. The fourth-order valence-electron chi connectivity index (χ4n) is 3.16. The second-order valence-corrected chi connectivity index (χ2v) is 7.58. The second-order valence-electron chi connectivity index (χ2n) is 7.22. The summed E-state index contributed by atoms with van der Waals surface area (Å²) in [5.41, 5.74) is 1.48. The Labute approximate surface area is 164 Å². The summed E-state index contributed by atoms with van der Waals surface area (Å²) in [4.78, 5) is 25.4. The van der Waals surface area contributed by atoms with Gasteiger partial charge in [0.2, 0.25) is 5.91 Å². The van der Waals surface area contributed by atoms with Gasteiger partial charge in [-0.2, -0.15) is 5.10 Å². The zero-order chi connectivity index (χ0) is 20.0. The number of carbonyl (C=O) groups excluding carboxylic acids is 1. The van der Waals surface area contributed by atoms with Crippen LogP contribution in [0, 0.1) is 12.8 Å². The van der Waals surface area contributed by atoms with Gasteiger partial charge in [-0.1, -0.05) is 25.4 Å². The Balaban J connectivity index is 2.15. The lowest BCUT2D eigenvalue weighted by molar-refractivity contribution is -0.138. The number of nitrogens with zero attached hydrogens (tertiary/aromatic N) is 3. The summed E-state index contributed by atoms with van der Waals surface area (Å²) in [5, 5.41) is 13.9. The van der Waals surface area contributed by atoms with Gasteiger partial charge in [-0.3, -0.25) is 14.3 Å². The van der Waals surface area contributed by atoms with Crippen LogP contribution in [0.1, 0.15) is 44.4 Å². The van der Waals surface area contributed by atoms with E-state index in [-0.39, 0.29) is 24.9 Å². The Morgan fingerprint density at radius 3 is 2.67 bits per heavy atom. The highest BCUT2D eigenvalue weighted by Crippen LogP contribution is 2.23. The van der Waals surface area contributed by atoms with Crippen molar-refractivity contribution in [2.75, 3.05) is 19.8 Å². The van der Waals surface area contributed by atoms with Gasteiger partial charge in [0.25, 0.3) is 0 Å². The number of amides is 1. The van der Waals surface area contributed by atoms with Crippen molar-refractivity contribution >= 4 is 29.6 Å². The number of aryl methyl sites for hydroxylation is 1. The average Bonchev–Trinajstić information content (AvgIpc) is 2.86. The average molecular weight is 398 g/mol. The molecule has 2 rings (SSSR count). The third-order valence-electron chi connectivity index (χ3n) is 4.52. The molecule has 7 nitrogen and oxygen atoms in total. The van der Waals surface area contributed by atoms with E-state index in [0.717, 1.165) is 11.3 Å². The lowest BCUT2D eigenvalue weighted by Crippen LogP contribution is -2.43. The van der Waals surface area contributed by atoms with Gasteiger partial charge in [0, 0.05) is 44.0 Å². The predicted octanol–water partition coefficient (Wildman–Crippen LogP) is 3.00. The molecule has 0 spiro atoms. The lowest BCUT2D eigenvalue weighted by atomic mass is 10.1. The van der Waals surface area contributed by atoms with Gasteiger partial charge in [0.1, 0.15) is 5.15 Å². The molecule has 0 aliphatic carbocycles. The van der Waals surface area contributed by atoms with Crippen molar-refractivity contribution < 1.29 is 19.4 Å². The van der Waals surface area contributed by atoms with Gasteiger partial charge >= 0.3 is 5.97 Å². The molecule has 1 amide bonds. The highest BCUT2D eigenvalue weighted by Gasteiger charge is 2.25. The van der Waals surface area contributed by atoms with Crippen molar-refractivity contribution in [3.05, 3.63) is 22.5 Å². The molecule has 0 radical (unpaired) electrons. The van der Waals surface area contributed by atoms with Gasteiger partial charge in [-0.25, -0.2) is 0 Å². The number of hydrogen-bond acceptors (Lipinski definition) is 4. The smallest absolute Gasteiger partial charge is 0.305 e. The summed E-state index contributed by atoms with van der Waals surface area (Å²) in [7, 11) is 0. The van der Waals surface area contributed by atoms with E-state index in [0.29, 0.717) is 43.7 Å². The molecule has 27 heavy (non-hydrogen) atoms. The minimum atomic E-state index is -0.919. The van der Waals surface area contributed by atoms with Crippen LogP contribution in [0.3, 0.4) is 0 Å². The molecule has 1 fully saturated rings. The van der Waals surface area contributed by atoms with Crippen LogP contribution in [0.5, 0.6) is 0 Å². The molecule has 0 aromatic carbocycles. The number of hydrogen-bond donors (Lipinski definition) is 1. The highest BCUT2D eigenvalue weighted by molar-refractivity contribution is 6.31. The molecule has 0 atom stereocenters. The largest absolute Gasteiger partial charge is 0.481 e. The van der Waals surface area contributed by atoms with Crippen molar-refractivity contribution in [1.29, 1.82) is 0 Å². The normalized spacial score (nSPS) is 15.6. The lowest BCUT2D eigenvalue weighted by Gasteiger charge is -2.33. The molecule has 1 aromatic rings. The maximum atomic E-state index is 12.8. The van der Waals surface area contributed by atoms with E-state index < -0.39 is 5.97 Å². The van der Waals surface area contributed by atoms with Gasteiger partial charge in [0.05, 0.1) is 12.1 Å². The summed E-state index contributed by atoms with van der Waals surface area (Å²) < 4.78 is 7.09. The Morgan fingerprint density at radius 2 is 2.07 bits per heavy atom. The number of halogens is 1. The Bertz CT molecular complexity index is 693. The molecule has 1 aromatic heterocycles. The minimum absolute atomic E-state index is 0.00418. The van der Waals surface area contributed by atoms with Crippen LogP contribution in [-0.2, 0) is 20.9 Å². The molecule has 1 aliphatic rings. The fraction of sp³-hybridized carbons (Fsp3) is 0.632. The summed E-state index contributed by atoms with van der Waals surface area (Å²) in [6, 6.07) is -0.00418. The zero-order valence-corrected chi connectivity index (χ0v) is 16.9. The number of rotatable bonds is 8. The van der Waals surface area contributed by atoms with Crippen LogP contribution in [0.15, 0.2) is 6.08 Å². The summed E-state index contributed by atoms with van der Waals surface area (Å²) in [5.74, 6) is -0.729. The van der Waals surface area contributed by atoms with E-state index >= 15 is 0 Å². The van der Waals surface area contributed by atoms with Crippen LogP contribution >= 0.6 is 11.6 Å². The summed E-state index contributed by atoms with van der Waals surface area (Å²) >= 11 is 6.42. The van der Waals surface area contributed by atoms with Crippen LogP contribution in [0.4, 0.5) is 0 Å². The molecule has 8 heteroatoms. The number of ether oxygens (including phenoxy) is 1. The number of carboxylic acid groups (broad SMARTS) is 1. The van der Waals surface area contributed by atoms with Gasteiger partial charge in [0.15, 0.2) is 0 Å². The highest BCUT2D eigenvalue weighted by atomic mass is 35.5. The van der Waals surface area contributed by atoms with Gasteiger partial charge < -0.3 is 14.7 Å². The SMILES string of the molecule is Cc1nn(CC(C)C)c(Cl)c1C=CC(=O)N(CCC(=O)O)C1CCOCC1. The van der Waals surface area contributed by atoms with Crippen LogP contribution in [0.25, 0.3) is 6.08 Å². The van der Waals surface area contributed by atoms with E-state index in [1.165, 1.54) is 6.08 Å². The van der Waals surface area contributed by atoms with E-state index in [1.54, 1.807) is 15.7 Å². The van der Waals surface area contributed by atoms with E-state index in [2.05, 4.69) is 18.9 Å². The Hall–Kier alpha value is -1.86. The molecule has 0 saturated carbocycles.